The van der Waals surface area contributed by atoms with Gasteiger partial charge in [0.2, 0.25) is 0 Å². The summed E-state index contributed by atoms with van der Waals surface area (Å²) in [6, 6.07) is 0. The summed E-state index contributed by atoms with van der Waals surface area (Å²) in [6.07, 6.45) is 4.15. The van der Waals surface area contributed by atoms with Gasteiger partial charge in [0.15, 0.2) is 0 Å². The van der Waals surface area contributed by atoms with Crippen LogP contribution >= 0.6 is 0 Å². The molecule has 1 aliphatic carbocycles. The van der Waals surface area contributed by atoms with E-state index in [9.17, 15) is 4.79 Å². The molecular formula is C11H18O. The highest BCUT2D eigenvalue weighted by Crippen LogP contribution is 2.42. The Labute approximate surface area is 74.9 Å². The normalized spacial score (nSPS) is 27.0. The summed E-state index contributed by atoms with van der Waals surface area (Å²) >= 11 is 0. The van der Waals surface area contributed by atoms with Crippen molar-refractivity contribution in [3.05, 3.63) is 11.6 Å². The summed E-state index contributed by atoms with van der Waals surface area (Å²) in [5.41, 5.74) is 1.67. The van der Waals surface area contributed by atoms with Crippen LogP contribution in [0, 0.1) is 11.3 Å². The first kappa shape index (κ1) is 9.50. The standard InChI is InChI=1S/C11H18O/c1-8-5-10(6-9(2)12)11(3,4)7-8/h7,10H,5-6H2,1-4H3/t10-/m1/s1. The molecule has 1 heteroatoms. The fraction of sp³-hybridized carbons (Fsp3) is 0.727. The van der Waals surface area contributed by atoms with E-state index in [0.29, 0.717) is 11.7 Å². The lowest BCUT2D eigenvalue weighted by Crippen LogP contribution is -2.19. The van der Waals surface area contributed by atoms with Gasteiger partial charge in [-0.2, -0.15) is 0 Å². The van der Waals surface area contributed by atoms with Crippen molar-refractivity contribution in [1.82, 2.24) is 0 Å². The largest absolute Gasteiger partial charge is 0.300 e. The van der Waals surface area contributed by atoms with Gasteiger partial charge in [0, 0.05) is 6.42 Å². The Morgan fingerprint density at radius 3 is 2.58 bits per heavy atom. The van der Waals surface area contributed by atoms with Crippen molar-refractivity contribution in [2.75, 3.05) is 0 Å². The van der Waals surface area contributed by atoms with Gasteiger partial charge in [0.1, 0.15) is 5.78 Å². The first-order valence-electron chi connectivity index (χ1n) is 4.59. The van der Waals surface area contributed by atoms with Gasteiger partial charge in [0.25, 0.3) is 0 Å². The maximum atomic E-state index is 11.0. The van der Waals surface area contributed by atoms with Crippen molar-refractivity contribution in [3.8, 4) is 0 Å². The van der Waals surface area contributed by atoms with Crippen LogP contribution in [0.5, 0.6) is 0 Å². The lowest BCUT2D eigenvalue weighted by Gasteiger charge is -2.25. The van der Waals surface area contributed by atoms with Crippen LogP contribution < -0.4 is 0 Å². The zero-order chi connectivity index (χ0) is 9.35. The Morgan fingerprint density at radius 1 is 1.67 bits per heavy atom. The molecule has 1 nitrogen and oxygen atoms in total. The van der Waals surface area contributed by atoms with Gasteiger partial charge in [-0.15, -0.1) is 0 Å². The molecule has 1 rings (SSSR count). The molecule has 0 N–H and O–H groups in total. The predicted octanol–water partition coefficient (Wildman–Crippen LogP) is 2.96. The molecule has 0 aliphatic heterocycles. The zero-order valence-electron chi connectivity index (χ0n) is 8.48. The van der Waals surface area contributed by atoms with Crippen molar-refractivity contribution in [1.29, 1.82) is 0 Å². The molecule has 0 saturated heterocycles. The fourth-order valence-corrected chi connectivity index (χ4v) is 2.15. The number of rotatable bonds is 2. The number of carbonyl (C=O) groups excluding carboxylic acids is 1. The zero-order valence-corrected chi connectivity index (χ0v) is 8.48. The average Bonchev–Trinajstić information content (AvgIpc) is 2.04. The average molecular weight is 166 g/mol. The molecular weight excluding hydrogens is 148 g/mol. The Bertz CT molecular complexity index is 223. The SMILES string of the molecule is CC(=O)C[C@H]1CC(C)=CC1(C)C. The highest BCUT2D eigenvalue weighted by molar-refractivity contribution is 5.76. The van der Waals surface area contributed by atoms with Crippen LogP contribution in [0.15, 0.2) is 11.6 Å². The second kappa shape index (κ2) is 3.04. The van der Waals surface area contributed by atoms with E-state index in [-0.39, 0.29) is 5.41 Å². The third-order valence-electron chi connectivity index (χ3n) is 2.77. The molecule has 1 aliphatic rings. The van der Waals surface area contributed by atoms with Gasteiger partial charge in [-0.05, 0) is 31.6 Å². The molecule has 0 aromatic heterocycles. The second-order valence-corrected chi connectivity index (χ2v) is 4.62. The minimum absolute atomic E-state index is 0.232. The molecule has 0 unspecified atom stereocenters. The molecule has 0 aromatic rings. The van der Waals surface area contributed by atoms with E-state index in [1.165, 1.54) is 5.57 Å². The van der Waals surface area contributed by atoms with Crippen molar-refractivity contribution >= 4 is 5.78 Å². The number of hydrogen-bond acceptors (Lipinski definition) is 1. The molecule has 0 saturated carbocycles. The summed E-state index contributed by atoms with van der Waals surface area (Å²) in [5, 5.41) is 0. The smallest absolute Gasteiger partial charge is 0.130 e. The van der Waals surface area contributed by atoms with Crippen molar-refractivity contribution in [2.24, 2.45) is 11.3 Å². The van der Waals surface area contributed by atoms with Gasteiger partial charge < -0.3 is 4.79 Å². The molecule has 0 spiro atoms. The monoisotopic (exact) mass is 166 g/mol. The van der Waals surface area contributed by atoms with E-state index in [2.05, 4.69) is 26.8 Å². The van der Waals surface area contributed by atoms with E-state index in [0.717, 1.165) is 12.8 Å². The van der Waals surface area contributed by atoms with E-state index in [1.807, 2.05) is 0 Å². The summed E-state index contributed by atoms with van der Waals surface area (Å²) in [7, 11) is 0. The van der Waals surface area contributed by atoms with E-state index < -0.39 is 0 Å². The van der Waals surface area contributed by atoms with E-state index in [1.54, 1.807) is 6.92 Å². The van der Waals surface area contributed by atoms with E-state index >= 15 is 0 Å². The van der Waals surface area contributed by atoms with Crippen LogP contribution in [0.2, 0.25) is 0 Å². The van der Waals surface area contributed by atoms with Gasteiger partial charge >= 0.3 is 0 Å². The Morgan fingerprint density at radius 2 is 2.25 bits per heavy atom. The number of carbonyl (C=O) groups is 1. The molecule has 0 amide bonds. The van der Waals surface area contributed by atoms with Crippen LogP contribution in [0.4, 0.5) is 0 Å². The molecule has 0 fully saturated rings. The van der Waals surface area contributed by atoms with Crippen LogP contribution in [0.25, 0.3) is 0 Å². The maximum Gasteiger partial charge on any atom is 0.130 e. The second-order valence-electron chi connectivity index (χ2n) is 4.62. The van der Waals surface area contributed by atoms with Crippen molar-refractivity contribution < 1.29 is 4.79 Å². The Kier molecular flexibility index (Phi) is 2.41. The molecule has 68 valence electrons. The number of allylic oxidation sites excluding steroid dienone is 2. The Balaban J connectivity index is 2.66. The number of Topliss-reactive ketones (excluding diaryl/α,β-unsaturated/α-hetero) is 1. The maximum absolute atomic E-state index is 11.0. The summed E-state index contributed by atoms with van der Waals surface area (Å²) < 4.78 is 0. The third kappa shape index (κ3) is 1.96. The number of ketones is 1. The summed E-state index contributed by atoms with van der Waals surface area (Å²) in [5.74, 6) is 0.853. The lowest BCUT2D eigenvalue weighted by molar-refractivity contribution is -0.118. The highest BCUT2D eigenvalue weighted by atomic mass is 16.1. The molecule has 12 heavy (non-hydrogen) atoms. The highest BCUT2D eigenvalue weighted by Gasteiger charge is 2.33. The minimum Gasteiger partial charge on any atom is -0.300 e. The molecule has 0 heterocycles. The van der Waals surface area contributed by atoms with Crippen LogP contribution in [-0.4, -0.2) is 5.78 Å². The molecule has 1 atom stereocenters. The topological polar surface area (TPSA) is 17.1 Å². The Hall–Kier alpha value is -0.590. The lowest BCUT2D eigenvalue weighted by atomic mass is 9.79. The first-order valence-corrected chi connectivity index (χ1v) is 4.59. The van der Waals surface area contributed by atoms with Crippen molar-refractivity contribution in [3.63, 3.8) is 0 Å². The quantitative estimate of drug-likeness (QED) is 0.576. The van der Waals surface area contributed by atoms with Gasteiger partial charge in [-0.1, -0.05) is 25.5 Å². The fourth-order valence-electron chi connectivity index (χ4n) is 2.15. The minimum atomic E-state index is 0.232. The molecule has 0 bridgehead atoms. The predicted molar refractivity (Wildman–Crippen MR) is 50.9 cm³/mol. The van der Waals surface area contributed by atoms with E-state index in [4.69, 9.17) is 0 Å². The third-order valence-corrected chi connectivity index (χ3v) is 2.77. The summed E-state index contributed by atoms with van der Waals surface area (Å²) in [4.78, 5) is 11.0. The van der Waals surface area contributed by atoms with Crippen LogP contribution in [-0.2, 0) is 4.79 Å². The molecule has 0 aromatic carbocycles. The molecule has 0 radical (unpaired) electrons. The first-order chi connectivity index (χ1) is 5.42. The van der Waals surface area contributed by atoms with Gasteiger partial charge in [-0.3, -0.25) is 0 Å². The van der Waals surface area contributed by atoms with Crippen LogP contribution in [0.3, 0.4) is 0 Å². The van der Waals surface area contributed by atoms with Gasteiger partial charge in [-0.25, -0.2) is 0 Å². The van der Waals surface area contributed by atoms with Crippen molar-refractivity contribution in [2.45, 2.75) is 40.5 Å². The van der Waals surface area contributed by atoms with Crippen LogP contribution in [0.1, 0.15) is 40.5 Å². The van der Waals surface area contributed by atoms with Gasteiger partial charge in [0.05, 0.1) is 0 Å². The number of hydrogen-bond donors (Lipinski definition) is 0. The summed E-state index contributed by atoms with van der Waals surface area (Å²) in [6.45, 7) is 8.28.